The third-order valence-corrected chi connectivity index (χ3v) is 4.00. The van der Waals surface area contributed by atoms with Gasteiger partial charge in [0.2, 0.25) is 0 Å². The third-order valence-electron chi connectivity index (χ3n) is 4.00. The molecule has 3 aromatic rings. The first kappa shape index (κ1) is 15.6. The van der Waals surface area contributed by atoms with Crippen molar-refractivity contribution in [3.05, 3.63) is 65.6 Å². The fraction of sp³-hybridized carbons (Fsp3) is 0.316. The van der Waals surface area contributed by atoms with Crippen LogP contribution in [0.4, 0.5) is 0 Å². The molecule has 2 aromatic heterocycles. The van der Waals surface area contributed by atoms with E-state index >= 15 is 0 Å². The molecule has 0 spiro atoms. The Morgan fingerprint density at radius 1 is 1.13 bits per heavy atom. The van der Waals surface area contributed by atoms with Crippen molar-refractivity contribution in [1.82, 2.24) is 9.38 Å². The molecule has 4 nitrogen and oxygen atoms in total. The van der Waals surface area contributed by atoms with Crippen molar-refractivity contribution in [2.45, 2.75) is 39.3 Å². The maximum absolute atomic E-state index is 5.96. The van der Waals surface area contributed by atoms with Gasteiger partial charge in [-0.1, -0.05) is 45.0 Å². The quantitative estimate of drug-likeness (QED) is 0.800. The Hall–Kier alpha value is -2.33. The lowest BCUT2D eigenvalue weighted by molar-refractivity contribution is 0.308. The van der Waals surface area contributed by atoms with Crippen LogP contribution in [0.5, 0.6) is 5.75 Å². The van der Waals surface area contributed by atoms with Crippen molar-refractivity contribution >= 4 is 5.65 Å². The average Bonchev–Trinajstić information content (AvgIpc) is 2.96. The van der Waals surface area contributed by atoms with Crippen LogP contribution >= 0.6 is 0 Å². The summed E-state index contributed by atoms with van der Waals surface area (Å²) in [6, 6.07) is 12.5. The van der Waals surface area contributed by atoms with Crippen molar-refractivity contribution < 1.29 is 4.74 Å². The Bertz CT molecular complexity index is 798. The van der Waals surface area contributed by atoms with Gasteiger partial charge in [0.05, 0.1) is 11.9 Å². The van der Waals surface area contributed by atoms with E-state index in [1.54, 1.807) is 6.20 Å². The van der Waals surface area contributed by atoms with E-state index in [2.05, 4.69) is 50.0 Å². The number of aromatic nitrogens is 2. The zero-order valence-corrected chi connectivity index (χ0v) is 13.9. The van der Waals surface area contributed by atoms with Crippen molar-refractivity contribution in [2.24, 2.45) is 5.73 Å². The number of hydrogen-bond donors (Lipinski definition) is 1. The zero-order valence-electron chi connectivity index (χ0n) is 13.9. The number of fused-ring (bicyclic) bond motifs is 1. The number of hydrogen-bond acceptors (Lipinski definition) is 3. The lowest BCUT2D eigenvalue weighted by Gasteiger charge is -2.19. The minimum absolute atomic E-state index is 0.166. The molecule has 0 aliphatic rings. The number of rotatable bonds is 4. The molecular weight excluding hydrogens is 286 g/mol. The van der Waals surface area contributed by atoms with Gasteiger partial charge in [-0.2, -0.15) is 0 Å². The number of ether oxygens (including phenoxy) is 1. The van der Waals surface area contributed by atoms with Crippen LogP contribution in [-0.2, 0) is 18.6 Å². The summed E-state index contributed by atoms with van der Waals surface area (Å²) in [7, 11) is 0. The maximum atomic E-state index is 5.96. The van der Waals surface area contributed by atoms with Gasteiger partial charge in [0, 0.05) is 12.7 Å². The highest BCUT2D eigenvalue weighted by atomic mass is 16.5. The summed E-state index contributed by atoms with van der Waals surface area (Å²) in [6.45, 7) is 7.62. The first-order chi connectivity index (χ1) is 11.0. The van der Waals surface area contributed by atoms with E-state index in [-0.39, 0.29) is 5.41 Å². The molecule has 4 heteroatoms. The second kappa shape index (κ2) is 6.05. The molecule has 0 aliphatic carbocycles. The van der Waals surface area contributed by atoms with Crippen LogP contribution in [-0.4, -0.2) is 9.38 Å². The molecule has 2 N–H and O–H groups in total. The van der Waals surface area contributed by atoms with E-state index in [4.69, 9.17) is 10.5 Å². The second-order valence-electron chi connectivity index (χ2n) is 6.76. The summed E-state index contributed by atoms with van der Waals surface area (Å²) >= 11 is 0. The average molecular weight is 309 g/mol. The number of imidazole rings is 1. The Labute approximate surface area is 136 Å². The van der Waals surface area contributed by atoms with E-state index in [1.807, 2.05) is 22.7 Å². The third kappa shape index (κ3) is 3.22. The summed E-state index contributed by atoms with van der Waals surface area (Å²) in [5.41, 5.74) is 10.1. The van der Waals surface area contributed by atoms with Gasteiger partial charge in [-0.3, -0.25) is 4.40 Å². The van der Waals surface area contributed by atoms with Crippen LogP contribution in [0.15, 0.2) is 48.8 Å². The molecule has 0 radical (unpaired) electrons. The summed E-state index contributed by atoms with van der Waals surface area (Å²) in [4.78, 5) is 4.41. The van der Waals surface area contributed by atoms with Crippen LogP contribution in [0.3, 0.4) is 0 Å². The van der Waals surface area contributed by atoms with E-state index in [9.17, 15) is 0 Å². The van der Waals surface area contributed by atoms with Crippen LogP contribution < -0.4 is 10.5 Å². The summed E-state index contributed by atoms with van der Waals surface area (Å²) < 4.78 is 7.93. The first-order valence-electron chi connectivity index (χ1n) is 7.86. The lowest BCUT2D eigenvalue weighted by Crippen LogP contribution is -2.10. The highest BCUT2D eigenvalue weighted by molar-refractivity contribution is 5.54. The van der Waals surface area contributed by atoms with Crippen LogP contribution in [0.2, 0.25) is 0 Å². The lowest BCUT2D eigenvalue weighted by atomic mass is 9.87. The molecule has 0 aliphatic heterocycles. The molecule has 0 amide bonds. The Morgan fingerprint density at radius 2 is 1.87 bits per heavy atom. The van der Waals surface area contributed by atoms with Gasteiger partial charge in [-0.25, -0.2) is 4.98 Å². The summed E-state index contributed by atoms with van der Waals surface area (Å²) in [6.07, 6.45) is 3.75. The SMILES string of the molecule is CC(C)(C)c1ccc(COc2cccn3c(CN)cnc23)cc1. The number of nitrogens with zero attached hydrogens (tertiary/aromatic N) is 2. The molecule has 2 heterocycles. The predicted octanol–water partition coefficient (Wildman–Crippen LogP) is 3.67. The fourth-order valence-electron chi connectivity index (χ4n) is 2.56. The Kier molecular flexibility index (Phi) is 4.09. The predicted molar refractivity (Wildman–Crippen MR) is 92.6 cm³/mol. The topological polar surface area (TPSA) is 52.5 Å². The van der Waals surface area contributed by atoms with Gasteiger partial charge < -0.3 is 10.5 Å². The summed E-state index contributed by atoms with van der Waals surface area (Å²) in [5.74, 6) is 0.770. The number of nitrogens with two attached hydrogens (primary N) is 1. The number of pyridine rings is 1. The molecule has 0 atom stereocenters. The van der Waals surface area contributed by atoms with Gasteiger partial charge in [-0.15, -0.1) is 0 Å². The van der Waals surface area contributed by atoms with Gasteiger partial charge in [0.15, 0.2) is 11.4 Å². The van der Waals surface area contributed by atoms with E-state index in [1.165, 1.54) is 5.56 Å². The van der Waals surface area contributed by atoms with E-state index in [0.29, 0.717) is 13.2 Å². The van der Waals surface area contributed by atoms with E-state index < -0.39 is 0 Å². The molecule has 0 saturated carbocycles. The van der Waals surface area contributed by atoms with Gasteiger partial charge in [-0.05, 0) is 28.7 Å². The Morgan fingerprint density at radius 3 is 2.52 bits per heavy atom. The molecular formula is C19H23N3O. The van der Waals surface area contributed by atoms with Crippen molar-refractivity contribution in [1.29, 1.82) is 0 Å². The minimum Gasteiger partial charge on any atom is -0.485 e. The van der Waals surface area contributed by atoms with Gasteiger partial charge in [0.25, 0.3) is 0 Å². The van der Waals surface area contributed by atoms with Crippen molar-refractivity contribution in [3.63, 3.8) is 0 Å². The number of benzene rings is 1. The van der Waals surface area contributed by atoms with Gasteiger partial charge in [0.1, 0.15) is 6.61 Å². The van der Waals surface area contributed by atoms with Crippen LogP contribution in [0, 0.1) is 0 Å². The normalized spacial score (nSPS) is 11.8. The molecule has 1 aromatic carbocycles. The largest absolute Gasteiger partial charge is 0.485 e. The van der Waals surface area contributed by atoms with Crippen LogP contribution in [0.1, 0.15) is 37.6 Å². The smallest absolute Gasteiger partial charge is 0.179 e. The molecule has 0 bridgehead atoms. The first-order valence-corrected chi connectivity index (χ1v) is 7.86. The van der Waals surface area contributed by atoms with Crippen molar-refractivity contribution in [2.75, 3.05) is 0 Å². The molecule has 23 heavy (non-hydrogen) atoms. The van der Waals surface area contributed by atoms with Crippen LogP contribution in [0.25, 0.3) is 5.65 Å². The van der Waals surface area contributed by atoms with Crippen molar-refractivity contribution in [3.8, 4) is 5.75 Å². The standard InChI is InChI=1S/C19H23N3O/c1-19(2,3)15-8-6-14(7-9-15)13-23-17-5-4-10-22-16(11-20)12-21-18(17)22/h4-10,12H,11,13,20H2,1-3H3. The molecule has 3 rings (SSSR count). The highest BCUT2D eigenvalue weighted by Crippen LogP contribution is 2.24. The molecule has 0 saturated heterocycles. The molecule has 0 unspecified atom stereocenters. The highest BCUT2D eigenvalue weighted by Gasteiger charge is 2.13. The Balaban J connectivity index is 1.77. The minimum atomic E-state index is 0.166. The molecule has 0 fully saturated rings. The molecule has 120 valence electrons. The van der Waals surface area contributed by atoms with Gasteiger partial charge >= 0.3 is 0 Å². The zero-order chi connectivity index (χ0) is 16.4. The monoisotopic (exact) mass is 309 g/mol. The van der Waals surface area contributed by atoms with E-state index in [0.717, 1.165) is 22.7 Å². The fourth-order valence-corrected chi connectivity index (χ4v) is 2.56. The second-order valence-corrected chi connectivity index (χ2v) is 6.76. The summed E-state index contributed by atoms with van der Waals surface area (Å²) in [5, 5.41) is 0. The maximum Gasteiger partial charge on any atom is 0.179 e.